The summed E-state index contributed by atoms with van der Waals surface area (Å²) in [5.41, 5.74) is 7.43. The molecular weight excluding hydrogens is 823 g/mol. The summed E-state index contributed by atoms with van der Waals surface area (Å²) < 4.78 is 12.3. The second-order valence-electron chi connectivity index (χ2n) is 17.5. The second-order valence-corrected chi connectivity index (χ2v) is 19.4. The number of ether oxygens (including phenoxy) is 1. The van der Waals surface area contributed by atoms with E-state index in [1.54, 1.807) is 40.9 Å². The number of aliphatic hydroxyl groups excluding tert-OH is 1. The molecule has 3 fully saturated rings. The summed E-state index contributed by atoms with van der Waals surface area (Å²) in [7, 11) is 0. The Morgan fingerprint density at radius 3 is 2.45 bits per heavy atom. The zero-order valence-corrected chi connectivity index (χ0v) is 37.3. The molecule has 0 radical (unpaired) electrons. The number of aliphatic hydroxyl groups is 1. The van der Waals surface area contributed by atoms with Crippen molar-refractivity contribution in [3.63, 3.8) is 0 Å². The Balaban J connectivity index is 0.808. The van der Waals surface area contributed by atoms with Crippen molar-refractivity contribution >= 4 is 44.7 Å². The number of aryl methyl sites for hydroxylation is 2. The minimum Gasteiger partial charge on any atom is -0.507 e. The maximum absolute atomic E-state index is 14.3. The van der Waals surface area contributed by atoms with E-state index in [1.165, 1.54) is 15.3 Å². The third-order valence-corrected chi connectivity index (χ3v) is 15.5. The molecule has 6 atom stereocenters. The molecule has 6 heterocycles. The number of likely N-dealkylation sites (tertiary alicyclic amines) is 2. The number of hydrogen-bond donors (Lipinski definition) is 3. The molecule has 62 heavy (non-hydrogen) atoms. The maximum Gasteiger partial charge on any atom is 0.254 e. The molecule has 9 rings (SSSR count). The number of amides is 2. The lowest BCUT2D eigenvalue weighted by Crippen LogP contribution is -2.55. The number of benzene rings is 2. The van der Waals surface area contributed by atoms with E-state index in [4.69, 9.17) is 9.26 Å². The number of phenols is 1. The lowest BCUT2D eigenvalue weighted by molar-refractivity contribution is -0.141. The maximum atomic E-state index is 14.3. The fourth-order valence-electron chi connectivity index (χ4n) is 9.49. The number of thiazole rings is 1. The van der Waals surface area contributed by atoms with Gasteiger partial charge in [0.05, 0.1) is 33.9 Å². The van der Waals surface area contributed by atoms with Crippen molar-refractivity contribution in [3.8, 4) is 33.3 Å². The Labute approximate surface area is 369 Å². The van der Waals surface area contributed by atoms with Crippen LogP contribution in [-0.2, 0) is 9.59 Å². The monoisotopic (exact) mass is 875 g/mol. The first-order chi connectivity index (χ1) is 29.9. The zero-order valence-electron chi connectivity index (χ0n) is 35.7. The van der Waals surface area contributed by atoms with Crippen LogP contribution in [0.15, 0.2) is 70.7 Å². The van der Waals surface area contributed by atoms with Gasteiger partial charge < -0.3 is 29.7 Å². The van der Waals surface area contributed by atoms with Gasteiger partial charge in [-0.1, -0.05) is 50.2 Å². The second kappa shape index (κ2) is 17.5. The Bertz CT molecular complexity index is 2560. The van der Waals surface area contributed by atoms with E-state index in [9.17, 15) is 19.8 Å². The van der Waals surface area contributed by atoms with E-state index in [0.29, 0.717) is 28.8 Å². The standard InChI is InChI=1S/C47H53N7O6S2/c1-25(2)42(47(58)54-23-32(55)20-37(54)45(57)49-27(4)29-10-12-30(13-11-29)44-28(5)48-24-61-44)40-22-41(52-60-40)59-39-15-14-36(39)53-18-16-31(17-19-53)43-26(3)34-21-35(50-51-46(34)62-43)33-8-6-7-9-38(33)56/h6-13,21-22,24-25,27,31-32,36-37,39,42,55-56H,14-20,23H2,1-5H3,(H,49,57)/t27?,32-,36?,37+,39?,42?/m1/s1. The predicted molar refractivity (Wildman–Crippen MR) is 239 cm³/mol. The molecule has 1 saturated carbocycles. The summed E-state index contributed by atoms with van der Waals surface area (Å²) in [6, 6.07) is 18.2. The van der Waals surface area contributed by atoms with E-state index < -0.39 is 18.1 Å². The number of fused-ring (bicyclic) bond motifs is 1. The van der Waals surface area contributed by atoms with Crippen molar-refractivity contribution in [3.05, 3.63) is 93.6 Å². The van der Waals surface area contributed by atoms with Crippen LogP contribution < -0.4 is 10.1 Å². The molecule has 2 aliphatic heterocycles. The fourth-order valence-corrected chi connectivity index (χ4v) is 11.6. The van der Waals surface area contributed by atoms with Gasteiger partial charge in [-0.05, 0) is 111 Å². The number of carbonyl (C=O) groups excluding carboxylic acids is 2. The normalized spacial score (nSPS) is 21.9. The van der Waals surface area contributed by atoms with Crippen molar-refractivity contribution in [1.82, 2.24) is 35.5 Å². The molecule has 3 N–H and O–H groups in total. The van der Waals surface area contributed by atoms with E-state index in [1.807, 2.05) is 75.7 Å². The van der Waals surface area contributed by atoms with Gasteiger partial charge in [-0.25, -0.2) is 4.98 Å². The van der Waals surface area contributed by atoms with Gasteiger partial charge in [-0.2, -0.15) is 0 Å². The number of carbonyl (C=O) groups is 2. The molecule has 6 aromatic rings. The van der Waals surface area contributed by atoms with Crippen LogP contribution in [-0.4, -0.2) is 96.1 Å². The van der Waals surface area contributed by atoms with Crippen LogP contribution >= 0.6 is 22.7 Å². The third-order valence-electron chi connectivity index (χ3n) is 13.1. The van der Waals surface area contributed by atoms with E-state index in [-0.39, 0.29) is 54.6 Å². The Kier molecular flexibility index (Phi) is 11.9. The molecular formula is C47H53N7O6S2. The number of nitrogens with one attached hydrogen (secondary N) is 1. The number of nitrogens with zero attached hydrogens (tertiary/aromatic N) is 6. The van der Waals surface area contributed by atoms with Crippen molar-refractivity contribution < 1.29 is 29.1 Å². The summed E-state index contributed by atoms with van der Waals surface area (Å²) in [5, 5.41) is 38.6. The fraction of sp³-hybridized carbons (Fsp3) is 0.447. The van der Waals surface area contributed by atoms with Crippen molar-refractivity contribution in [2.45, 2.75) is 109 Å². The average Bonchev–Trinajstić information content (AvgIpc) is 4.07. The summed E-state index contributed by atoms with van der Waals surface area (Å²) in [6.07, 6.45) is 3.31. The first-order valence-corrected chi connectivity index (χ1v) is 23.3. The largest absolute Gasteiger partial charge is 0.507 e. The van der Waals surface area contributed by atoms with Crippen molar-refractivity contribution in [1.29, 1.82) is 0 Å². The molecule has 4 unspecified atom stereocenters. The van der Waals surface area contributed by atoms with Gasteiger partial charge in [0.25, 0.3) is 5.88 Å². The Morgan fingerprint density at radius 2 is 1.76 bits per heavy atom. The molecule has 15 heteroatoms. The molecule has 1 aliphatic carbocycles. The van der Waals surface area contributed by atoms with Gasteiger partial charge in [0, 0.05) is 40.9 Å². The Hall–Kier alpha value is -5.22. The van der Waals surface area contributed by atoms with Crippen LogP contribution in [0.5, 0.6) is 11.6 Å². The molecule has 0 bridgehead atoms. The minimum absolute atomic E-state index is 0.0383. The first kappa shape index (κ1) is 42.1. The van der Waals surface area contributed by atoms with Crippen LogP contribution in [0.3, 0.4) is 0 Å². The summed E-state index contributed by atoms with van der Waals surface area (Å²) in [4.78, 5) is 39.9. The van der Waals surface area contributed by atoms with E-state index >= 15 is 0 Å². The summed E-state index contributed by atoms with van der Waals surface area (Å²) in [6.45, 7) is 12.0. The molecule has 2 amide bonds. The highest BCUT2D eigenvalue weighted by Gasteiger charge is 2.44. The highest BCUT2D eigenvalue weighted by molar-refractivity contribution is 7.19. The smallest absolute Gasteiger partial charge is 0.254 e. The highest BCUT2D eigenvalue weighted by atomic mass is 32.1. The molecule has 13 nitrogen and oxygen atoms in total. The van der Waals surface area contributed by atoms with Crippen LogP contribution in [0.1, 0.15) is 98.2 Å². The predicted octanol–water partition coefficient (Wildman–Crippen LogP) is 8.16. The number of aromatic hydroxyl groups is 1. The number of aromatic nitrogens is 4. The average molecular weight is 876 g/mol. The van der Waals surface area contributed by atoms with Crippen LogP contribution in [0, 0.1) is 19.8 Å². The van der Waals surface area contributed by atoms with Crippen molar-refractivity contribution in [2.75, 3.05) is 19.6 Å². The molecule has 0 spiro atoms. The Morgan fingerprint density at radius 1 is 0.984 bits per heavy atom. The van der Waals surface area contributed by atoms with Gasteiger partial charge in [0.15, 0.2) is 5.76 Å². The topological polar surface area (TPSA) is 167 Å². The van der Waals surface area contributed by atoms with Gasteiger partial charge in [0.1, 0.15) is 28.6 Å². The third kappa shape index (κ3) is 8.23. The zero-order chi connectivity index (χ0) is 43.2. The molecule has 324 valence electrons. The summed E-state index contributed by atoms with van der Waals surface area (Å²) in [5.74, 6) is -0.0904. The number of β-amino-alcohol motifs (C(OH)–C–C–N with tert-alkyl or cyclic N) is 1. The molecule has 2 aromatic carbocycles. The van der Waals surface area contributed by atoms with Crippen LogP contribution in [0.2, 0.25) is 0 Å². The van der Waals surface area contributed by atoms with Gasteiger partial charge >= 0.3 is 0 Å². The van der Waals surface area contributed by atoms with Crippen LogP contribution in [0.25, 0.3) is 31.9 Å². The number of rotatable bonds is 12. The highest BCUT2D eigenvalue weighted by Crippen LogP contribution is 2.43. The number of hydrogen-bond acceptors (Lipinski definition) is 13. The van der Waals surface area contributed by atoms with Crippen LogP contribution in [0.4, 0.5) is 0 Å². The van der Waals surface area contributed by atoms with Gasteiger partial charge in [-0.3, -0.25) is 14.5 Å². The molecule has 3 aliphatic rings. The number of phenolic OH excluding ortho intramolecular Hbond substituents is 1. The van der Waals surface area contributed by atoms with E-state index in [2.05, 4.69) is 37.5 Å². The first-order valence-electron chi connectivity index (χ1n) is 21.6. The van der Waals surface area contributed by atoms with Gasteiger partial charge in [-0.15, -0.1) is 32.9 Å². The van der Waals surface area contributed by atoms with E-state index in [0.717, 1.165) is 70.7 Å². The quantitative estimate of drug-likeness (QED) is 0.109. The number of para-hydroxylation sites is 1. The lowest BCUT2D eigenvalue weighted by atomic mass is 9.84. The lowest BCUT2D eigenvalue weighted by Gasteiger charge is -2.46. The minimum atomic E-state index is -0.821. The number of piperidine rings is 1. The molecule has 4 aromatic heterocycles. The SMILES string of the molecule is Cc1ncsc1-c1ccc(C(C)NC(=O)[C@@H]2C[C@@H](O)CN2C(=O)C(c2cc(OC3CCC3N3CCC(c4sc5nnc(-c6ccccc6O)cc5c4C)CC3)no2)C(C)C)cc1. The summed E-state index contributed by atoms with van der Waals surface area (Å²) >= 11 is 3.33. The van der Waals surface area contributed by atoms with Gasteiger partial charge in [0.2, 0.25) is 11.8 Å². The number of thiophene rings is 1. The van der Waals surface area contributed by atoms with Crippen molar-refractivity contribution in [2.24, 2.45) is 5.92 Å². The molecule has 2 saturated heterocycles.